The van der Waals surface area contributed by atoms with Crippen molar-refractivity contribution >= 4 is 11.0 Å². The summed E-state index contributed by atoms with van der Waals surface area (Å²) in [5.74, 6) is 0.848. The van der Waals surface area contributed by atoms with E-state index >= 15 is 0 Å². The zero-order valence-corrected chi connectivity index (χ0v) is 14.6. The number of piperidine rings is 1. The molecule has 1 fully saturated rings. The Labute approximate surface area is 154 Å². The van der Waals surface area contributed by atoms with Crippen LogP contribution < -0.4 is 0 Å². The Balaban J connectivity index is 1.45. The molecule has 0 atom stereocenters. The molecule has 7 heteroatoms. The number of hydrogen-bond acceptors (Lipinski definition) is 3. The van der Waals surface area contributed by atoms with Gasteiger partial charge in [0.25, 0.3) is 0 Å². The van der Waals surface area contributed by atoms with E-state index in [2.05, 4.69) is 14.9 Å². The van der Waals surface area contributed by atoms with Gasteiger partial charge in [-0.05, 0) is 42.7 Å². The lowest BCUT2D eigenvalue weighted by Gasteiger charge is -2.38. The van der Waals surface area contributed by atoms with Crippen molar-refractivity contribution in [1.82, 2.24) is 14.9 Å². The summed E-state index contributed by atoms with van der Waals surface area (Å²) in [7, 11) is 0. The first-order valence-electron chi connectivity index (χ1n) is 8.90. The maximum atomic E-state index is 13.0. The van der Waals surface area contributed by atoms with Crippen LogP contribution in [0.4, 0.5) is 13.2 Å². The molecule has 2 aromatic carbocycles. The third-order valence-electron chi connectivity index (χ3n) is 5.22. The van der Waals surface area contributed by atoms with Crippen molar-refractivity contribution in [2.45, 2.75) is 31.2 Å². The monoisotopic (exact) mass is 375 g/mol. The number of likely N-dealkylation sites (tertiary alicyclic amines) is 1. The van der Waals surface area contributed by atoms with Crippen molar-refractivity contribution in [3.8, 4) is 0 Å². The van der Waals surface area contributed by atoms with Gasteiger partial charge in [0.1, 0.15) is 5.82 Å². The number of aliphatic hydroxyl groups is 1. The molecular weight excluding hydrogens is 355 g/mol. The molecule has 3 aromatic rings. The van der Waals surface area contributed by atoms with Crippen LogP contribution in [-0.4, -0.2) is 33.1 Å². The minimum atomic E-state index is -4.41. The number of hydrogen-bond donors (Lipinski definition) is 2. The number of alkyl halides is 3. The van der Waals surface area contributed by atoms with Gasteiger partial charge in [0.15, 0.2) is 0 Å². The first-order chi connectivity index (χ1) is 12.8. The molecule has 1 aliphatic rings. The van der Waals surface area contributed by atoms with E-state index in [1.807, 2.05) is 24.3 Å². The van der Waals surface area contributed by atoms with Gasteiger partial charge in [-0.1, -0.05) is 24.3 Å². The number of imidazole rings is 1. The van der Waals surface area contributed by atoms with Crippen LogP contribution in [0.2, 0.25) is 0 Å². The molecule has 1 saturated heterocycles. The molecule has 0 spiro atoms. The Kier molecular flexibility index (Phi) is 4.44. The van der Waals surface area contributed by atoms with E-state index in [4.69, 9.17) is 0 Å². The van der Waals surface area contributed by atoms with Gasteiger partial charge in [-0.15, -0.1) is 0 Å². The molecule has 0 bridgehead atoms. The number of nitrogens with one attached hydrogen (secondary N) is 1. The molecule has 0 unspecified atom stereocenters. The summed E-state index contributed by atoms with van der Waals surface area (Å²) < 4.78 is 38.9. The topological polar surface area (TPSA) is 52.1 Å². The average molecular weight is 375 g/mol. The van der Waals surface area contributed by atoms with Gasteiger partial charge in [-0.25, -0.2) is 4.98 Å². The summed E-state index contributed by atoms with van der Waals surface area (Å²) >= 11 is 0. The van der Waals surface area contributed by atoms with E-state index in [-0.39, 0.29) is 0 Å². The van der Waals surface area contributed by atoms with Gasteiger partial charge in [0.05, 0.1) is 28.7 Å². The fourth-order valence-corrected chi connectivity index (χ4v) is 3.65. The Bertz CT molecular complexity index is 910. The van der Waals surface area contributed by atoms with Gasteiger partial charge in [-0.2, -0.15) is 13.2 Å². The number of aromatic nitrogens is 2. The maximum Gasteiger partial charge on any atom is 0.416 e. The highest BCUT2D eigenvalue weighted by molar-refractivity contribution is 5.74. The standard InChI is InChI=1S/C20H20F3N3O/c21-20(22,23)15-5-3-4-14(12-15)19(27)8-10-26(11-9-19)13-18-24-16-6-1-2-7-17(16)25-18/h1-7,12,27H,8-11,13H2,(H,24,25). The largest absolute Gasteiger partial charge is 0.416 e. The number of nitrogens with zero attached hydrogens (tertiary/aromatic N) is 2. The third-order valence-corrected chi connectivity index (χ3v) is 5.22. The summed E-state index contributed by atoms with van der Waals surface area (Å²) in [4.78, 5) is 9.99. The SMILES string of the molecule is OC1(c2cccc(C(F)(F)F)c2)CCN(Cc2nc3ccccc3[nH]2)CC1. The molecule has 1 aliphatic heterocycles. The number of rotatable bonds is 3. The molecule has 1 aromatic heterocycles. The van der Waals surface area contributed by atoms with Crippen LogP contribution in [0.15, 0.2) is 48.5 Å². The maximum absolute atomic E-state index is 13.0. The van der Waals surface area contributed by atoms with E-state index in [0.29, 0.717) is 38.0 Å². The fraction of sp³-hybridized carbons (Fsp3) is 0.350. The lowest BCUT2D eigenvalue weighted by atomic mass is 9.83. The Morgan fingerprint density at radius 3 is 2.52 bits per heavy atom. The molecule has 27 heavy (non-hydrogen) atoms. The Morgan fingerprint density at radius 2 is 1.81 bits per heavy atom. The highest BCUT2D eigenvalue weighted by atomic mass is 19.4. The fourth-order valence-electron chi connectivity index (χ4n) is 3.65. The molecule has 4 rings (SSSR count). The van der Waals surface area contributed by atoms with Crippen molar-refractivity contribution < 1.29 is 18.3 Å². The number of aromatic amines is 1. The zero-order valence-electron chi connectivity index (χ0n) is 14.6. The molecular formula is C20H20F3N3O. The normalized spacial score (nSPS) is 18.1. The van der Waals surface area contributed by atoms with Crippen LogP contribution in [0.25, 0.3) is 11.0 Å². The summed E-state index contributed by atoms with van der Waals surface area (Å²) in [5.41, 5.74) is 0.264. The van der Waals surface area contributed by atoms with Crippen molar-refractivity contribution in [3.63, 3.8) is 0 Å². The number of para-hydroxylation sites is 2. The van der Waals surface area contributed by atoms with E-state index < -0.39 is 17.3 Å². The first kappa shape index (κ1) is 18.0. The van der Waals surface area contributed by atoms with E-state index in [1.54, 1.807) is 6.07 Å². The van der Waals surface area contributed by atoms with Crippen LogP contribution >= 0.6 is 0 Å². The minimum Gasteiger partial charge on any atom is -0.385 e. The third kappa shape index (κ3) is 3.70. The molecule has 0 radical (unpaired) electrons. The first-order valence-corrected chi connectivity index (χ1v) is 8.90. The zero-order chi connectivity index (χ0) is 19.1. The van der Waals surface area contributed by atoms with Crippen molar-refractivity contribution in [2.75, 3.05) is 13.1 Å². The Hall–Kier alpha value is -2.38. The van der Waals surface area contributed by atoms with Crippen LogP contribution in [-0.2, 0) is 18.3 Å². The predicted molar refractivity (Wildman–Crippen MR) is 95.9 cm³/mol. The van der Waals surface area contributed by atoms with Crippen LogP contribution in [0, 0.1) is 0 Å². The van der Waals surface area contributed by atoms with Crippen molar-refractivity contribution in [1.29, 1.82) is 0 Å². The minimum absolute atomic E-state index is 0.334. The molecule has 0 aliphatic carbocycles. The van der Waals surface area contributed by atoms with Gasteiger partial charge in [0.2, 0.25) is 0 Å². The molecule has 2 heterocycles. The second-order valence-electron chi connectivity index (χ2n) is 7.09. The lowest BCUT2D eigenvalue weighted by molar-refractivity contribution is -0.137. The van der Waals surface area contributed by atoms with Gasteiger partial charge >= 0.3 is 6.18 Å². The molecule has 0 amide bonds. The van der Waals surface area contributed by atoms with Crippen molar-refractivity contribution in [2.24, 2.45) is 0 Å². The molecule has 0 saturated carbocycles. The van der Waals surface area contributed by atoms with E-state index in [9.17, 15) is 18.3 Å². The molecule has 2 N–H and O–H groups in total. The smallest absolute Gasteiger partial charge is 0.385 e. The second-order valence-corrected chi connectivity index (χ2v) is 7.09. The summed E-state index contributed by atoms with van der Waals surface area (Å²) in [6.45, 7) is 1.79. The highest BCUT2D eigenvalue weighted by Crippen LogP contribution is 2.37. The second kappa shape index (κ2) is 6.65. The molecule has 142 valence electrons. The van der Waals surface area contributed by atoms with Crippen molar-refractivity contribution in [3.05, 3.63) is 65.5 Å². The highest BCUT2D eigenvalue weighted by Gasteiger charge is 2.37. The Morgan fingerprint density at radius 1 is 1.07 bits per heavy atom. The van der Waals surface area contributed by atoms with Gasteiger partial charge in [-0.3, -0.25) is 4.90 Å². The number of H-pyrrole nitrogens is 1. The summed E-state index contributed by atoms with van der Waals surface area (Å²) in [6.07, 6.45) is -3.64. The van der Waals surface area contributed by atoms with Gasteiger partial charge < -0.3 is 10.1 Å². The predicted octanol–water partition coefficient (Wildman–Crippen LogP) is 4.07. The quantitative estimate of drug-likeness (QED) is 0.726. The van der Waals surface area contributed by atoms with E-state index in [1.165, 1.54) is 6.07 Å². The van der Waals surface area contributed by atoms with Crippen LogP contribution in [0.3, 0.4) is 0 Å². The van der Waals surface area contributed by atoms with Crippen LogP contribution in [0.1, 0.15) is 29.8 Å². The molecule has 4 nitrogen and oxygen atoms in total. The van der Waals surface area contributed by atoms with Crippen LogP contribution in [0.5, 0.6) is 0 Å². The number of halogens is 3. The summed E-state index contributed by atoms with van der Waals surface area (Å²) in [6, 6.07) is 12.8. The average Bonchev–Trinajstić information content (AvgIpc) is 3.05. The summed E-state index contributed by atoms with van der Waals surface area (Å²) in [5, 5.41) is 10.9. The number of fused-ring (bicyclic) bond motifs is 1. The number of benzene rings is 2. The lowest BCUT2D eigenvalue weighted by Crippen LogP contribution is -2.42. The van der Waals surface area contributed by atoms with Gasteiger partial charge in [0, 0.05) is 13.1 Å². The van der Waals surface area contributed by atoms with E-state index in [0.717, 1.165) is 29.0 Å².